The van der Waals surface area contributed by atoms with Gasteiger partial charge >= 0.3 is 0 Å². The number of nitrogens with two attached hydrogens (primary N) is 1. The van der Waals surface area contributed by atoms with Gasteiger partial charge in [-0.2, -0.15) is 0 Å². The van der Waals surface area contributed by atoms with Gasteiger partial charge < -0.3 is 5.73 Å². The third-order valence-electron chi connectivity index (χ3n) is 3.80. The van der Waals surface area contributed by atoms with Crippen molar-refractivity contribution < 1.29 is 0 Å². The van der Waals surface area contributed by atoms with Crippen molar-refractivity contribution >= 4 is 10.8 Å². The van der Waals surface area contributed by atoms with E-state index in [1.165, 1.54) is 28.3 Å². The lowest BCUT2D eigenvalue weighted by Crippen LogP contribution is -2.02. The van der Waals surface area contributed by atoms with Gasteiger partial charge in [0.1, 0.15) is 0 Å². The molecule has 1 aliphatic carbocycles. The number of hydrogen-bond acceptors (Lipinski definition) is 1. The highest BCUT2D eigenvalue weighted by Crippen LogP contribution is 2.48. The van der Waals surface area contributed by atoms with Crippen LogP contribution in [0.1, 0.15) is 23.5 Å². The summed E-state index contributed by atoms with van der Waals surface area (Å²) >= 11 is 0. The predicted molar refractivity (Wildman–Crippen MR) is 68.6 cm³/mol. The summed E-state index contributed by atoms with van der Waals surface area (Å²) in [4.78, 5) is 0. The van der Waals surface area contributed by atoms with Crippen LogP contribution in [0.5, 0.6) is 0 Å². The zero-order chi connectivity index (χ0) is 11.1. The second kappa shape index (κ2) is 3.60. The molecule has 2 atom stereocenters. The van der Waals surface area contributed by atoms with Crippen LogP contribution in [0, 0.1) is 12.8 Å². The number of aryl methyl sites for hydroxylation is 1. The maximum absolute atomic E-state index is 5.74. The molecule has 0 saturated heterocycles. The van der Waals surface area contributed by atoms with Crippen molar-refractivity contribution in [3.63, 3.8) is 0 Å². The molecule has 1 heteroatoms. The SMILES string of the molecule is Cc1ccc([C@@H]2C[C@H]2CN)c2ccccc12. The summed E-state index contributed by atoms with van der Waals surface area (Å²) in [5, 5.41) is 2.81. The molecule has 0 aromatic heterocycles. The second-order valence-electron chi connectivity index (χ2n) is 4.86. The van der Waals surface area contributed by atoms with E-state index in [0.29, 0.717) is 11.8 Å². The van der Waals surface area contributed by atoms with E-state index >= 15 is 0 Å². The van der Waals surface area contributed by atoms with Crippen LogP contribution in [0.15, 0.2) is 36.4 Å². The molecule has 1 aliphatic rings. The lowest BCUT2D eigenvalue weighted by Gasteiger charge is -2.08. The topological polar surface area (TPSA) is 26.0 Å². The first-order valence-electron chi connectivity index (χ1n) is 5.99. The molecule has 0 radical (unpaired) electrons. The minimum Gasteiger partial charge on any atom is -0.330 e. The Hall–Kier alpha value is -1.34. The summed E-state index contributed by atoms with van der Waals surface area (Å²) in [5.74, 6) is 1.42. The van der Waals surface area contributed by atoms with Gasteiger partial charge in [-0.1, -0.05) is 36.4 Å². The van der Waals surface area contributed by atoms with Crippen LogP contribution in [-0.4, -0.2) is 6.54 Å². The Labute approximate surface area is 96.3 Å². The molecule has 1 saturated carbocycles. The normalized spacial score (nSPS) is 23.6. The third kappa shape index (κ3) is 1.43. The monoisotopic (exact) mass is 211 g/mol. The Morgan fingerprint density at radius 2 is 1.88 bits per heavy atom. The van der Waals surface area contributed by atoms with Crippen molar-refractivity contribution in [3.8, 4) is 0 Å². The average Bonchev–Trinajstić information content (AvgIpc) is 3.09. The van der Waals surface area contributed by atoms with Gasteiger partial charge in [0.2, 0.25) is 0 Å². The Morgan fingerprint density at radius 1 is 1.12 bits per heavy atom. The molecule has 3 rings (SSSR count). The third-order valence-corrected chi connectivity index (χ3v) is 3.80. The highest BCUT2D eigenvalue weighted by atomic mass is 14.6. The molecule has 82 valence electrons. The van der Waals surface area contributed by atoms with E-state index in [1.807, 2.05) is 0 Å². The quantitative estimate of drug-likeness (QED) is 0.811. The van der Waals surface area contributed by atoms with Crippen LogP contribution in [0.2, 0.25) is 0 Å². The number of benzene rings is 2. The largest absolute Gasteiger partial charge is 0.330 e. The fourth-order valence-electron chi connectivity index (χ4n) is 2.69. The summed E-state index contributed by atoms with van der Waals surface area (Å²) < 4.78 is 0. The van der Waals surface area contributed by atoms with Crippen LogP contribution in [0.4, 0.5) is 0 Å². The van der Waals surface area contributed by atoms with Gasteiger partial charge in [0.15, 0.2) is 0 Å². The molecule has 0 amide bonds. The molecule has 2 N–H and O–H groups in total. The van der Waals surface area contributed by atoms with Crippen molar-refractivity contribution in [2.45, 2.75) is 19.3 Å². The first kappa shape index (κ1) is 9.86. The minimum absolute atomic E-state index is 0.704. The van der Waals surface area contributed by atoms with Gasteiger partial charge in [0.05, 0.1) is 0 Å². The lowest BCUT2D eigenvalue weighted by atomic mass is 9.97. The molecule has 1 fully saturated rings. The minimum atomic E-state index is 0.704. The Bertz CT molecular complexity index is 530. The molecule has 2 aromatic carbocycles. The van der Waals surface area contributed by atoms with Crippen molar-refractivity contribution in [2.24, 2.45) is 11.7 Å². The maximum atomic E-state index is 5.74. The van der Waals surface area contributed by atoms with E-state index in [1.54, 1.807) is 0 Å². The Balaban J connectivity index is 2.16. The highest BCUT2D eigenvalue weighted by Gasteiger charge is 2.37. The van der Waals surface area contributed by atoms with Crippen LogP contribution in [0.25, 0.3) is 10.8 Å². The van der Waals surface area contributed by atoms with Crippen molar-refractivity contribution in [3.05, 3.63) is 47.5 Å². The first-order chi connectivity index (χ1) is 7.81. The molecule has 0 bridgehead atoms. The smallest absolute Gasteiger partial charge is 0.00428 e. The number of rotatable bonds is 2. The molecule has 0 heterocycles. The number of hydrogen-bond donors (Lipinski definition) is 1. The van der Waals surface area contributed by atoms with Gasteiger partial charge in [-0.3, -0.25) is 0 Å². The van der Waals surface area contributed by atoms with Gasteiger partial charge in [-0.25, -0.2) is 0 Å². The molecule has 0 unspecified atom stereocenters. The molecule has 2 aromatic rings. The van der Waals surface area contributed by atoms with Crippen molar-refractivity contribution in [2.75, 3.05) is 6.54 Å². The highest BCUT2D eigenvalue weighted by molar-refractivity contribution is 5.89. The molecular formula is C15H17N. The van der Waals surface area contributed by atoms with Gasteiger partial charge in [-0.05, 0) is 53.6 Å². The van der Waals surface area contributed by atoms with Gasteiger partial charge in [0.25, 0.3) is 0 Å². The fourth-order valence-corrected chi connectivity index (χ4v) is 2.69. The Kier molecular flexibility index (Phi) is 2.22. The van der Waals surface area contributed by atoms with E-state index in [9.17, 15) is 0 Å². The summed E-state index contributed by atoms with van der Waals surface area (Å²) in [5.41, 5.74) is 8.60. The molecular weight excluding hydrogens is 194 g/mol. The van der Waals surface area contributed by atoms with Crippen molar-refractivity contribution in [1.82, 2.24) is 0 Å². The number of fused-ring (bicyclic) bond motifs is 1. The lowest BCUT2D eigenvalue weighted by molar-refractivity contribution is 0.812. The Morgan fingerprint density at radius 3 is 2.56 bits per heavy atom. The van der Waals surface area contributed by atoms with Crippen LogP contribution >= 0.6 is 0 Å². The van der Waals surface area contributed by atoms with Gasteiger partial charge in [0, 0.05) is 0 Å². The molecule has 16 heavy (non-hydrogen) atoms. The average molecular weight is 211 g/mol. The zero-order valence-electron chi connectivity index (χ0n) is 9.61. The summed E-state index contributed by atoms with van der Waals surface area (Å²) in [6.45, 7) is 3.01. The van der Waals surface area contributed by atoms with E-state index in [0.717, 1.165) is 6.54 Å². The molecule has 1 nitrogen and oxygen atoms in total. The van der Waals surface area contributed by atoms with Crippen LogP contribution in [-0.2, 0) is 0 Å². The maximum Gasteiger partial charge on any atom is -0.00428 e. The standard InChI is InChI=1S/C15H17N/c1-10-6-7-14(15-8-11(15)9-16)13-5-3-2-4-12(10)13/h2-7,11,15H,8-9,16H2,1H3/t11-,15+/m0/s1. The predicted octanol–water partition coefficient (Wildman–Crippen LogP) is 3.21. The fraction of sp³-hybridized carbons (Fsp3) is 0.333. The van der Waals surface area contributed by atoms with E-state index in [-0.39, 0.29) is 0 Å². The van der Waals surface area contributed by atoms with E-state index in [4.69, 9.17) is 5.73 Å². The second-order valence-corrected chi connectivity index (χ2v) is 4.86. The summed E-state index contributed by atoms with van der Waals surface area (Å²) in [7, 11) is 0. The first-order valence-corrected chi connectivity index (χ1v) is 5.99. The zero-order valence-corrected chi connectivity index (χ0v) is 9.61. The molecule has 0 spiro atoms. The molecule has 0 aliphatic heterocycles. The van der Waals surface area contributed by atoms with Crippen LogP contribution in [0.3, 0.4) is 0 Å². The van der Waals surface area contributed by atoms with Crippen LogP contribution < -0.4 is 5.73 Å². The van der Waals surface area contributed by atoms with E-state index < -0.39 is 0 Å². The summed E-state index contributed by atoms with van der Waals surface area (Å²) in [6, 6.07) is 13.2. The van der Waals surface area contributed by atoms with E-state index in [2.05, 4.69) is 43.3 Å². The van der Waals surface area contributed by atoms with Gasteiger partial charge in [-0.15, -0.1) is 0 Å². The summed E-state index contributed by atoms with van der Waals surface area (Å²) in [6.07, 6.45) is 1.27. The van der Waals surface area contributed by atoms with Crippen molar-refractivity contribution in [1.29, 1.82) is 0 Å².